The van der Waals surface area contributed by atoms with Crippen molar-refractivity contribution in [1.29, 1.82) is 0 Å². The molecule has 2 aliphatic heterocycles. The van der Waals surface area contributed by atoms with Crippen LogP contribution < -0.4 is 10.6 Å². The molecule has 4 rings (SSSR count). The number of hydrogen-bond acceptors (Lipinski definition) is 4. The summed E-state index contributed by atoms with van der Waals surface area (Å²) in [5, 5.41) is 10.9. The summed E-state index contributed by atoms with van der Waals surface area (Å²) in [6.45, 7) is 3.45. The van der Waals surface area contributed by atoms with Crippen molar-refractivity contribution in [2.75, 3.05) is 19.6 Å². The molecule has 4 heterocycles. The Morgan fingerprint density at radius 3 is 3.12 bits per heavy atom. The minimum Gasteiger partial charge on any atom is -0.352 e. The van der Waals surface area contributed by atoms with Gasteiger partial charge in [-0.1, -0.05) is 0 Å². The van der Waals surface area contributed by atoms with Gasteiger partial charge in [-0.25, -0.2) is 4.98 Å². The van der Waals surface area contributed by atoms with Gasteiger partial charge in [0.15, 0.2) is 0 Å². The smallest absolute Gasteiger partial charge is 0.254 e. The van der Waals surface area contributed by atoms with Gasteiger partial charge in [0.1, 0.15) is 0 Å². The summed E-state index contributed by atoms with van der Waals surface area (Å²) in [5.74, 6) is 0.781. The first-order valence-corrected chi connectivity index (χ1v) is 8.74. The maximum absolute atomic E-state index is 12.6. The van der Waals surface area contributed by atoms with E-state index in [1.54, 1.807) is 6.20 Å². The van der Waals surface area contributed by atoms with Crippen LogP contribution in [-0.4, -0.2) is 44.9 Å². The molecule has 0 saturated carbocycles. The molecule has 24 heavy (non-hydrogen) atoms. The Labute approximate surface area is 141 Å². The van der Waals surface area contributed by atoms with Gasteiger partial charge in [0.25, 0.3) is 5.91 Å². The molecule has 2 atom stereocenters. The van der Waals surface area contributed by atoms with Crippen LogP contribution in [0.3, 0.4) is 0 Å². The lowest BCUT2D eigenvalue weighted by molar-refractivity contribution is 0.0945. The second kappa shape index (κ2) is 6.39. The molecule has 0 radical (unpaired) electrons. The topological polar surface area (TPSA) is 76.8 Å². The second-order valence-corrected chi connectivity index (χ2v) is 6.85. The first-order valence-electron chi connectivity index (χ1n) is 8.74. The van der Waals surface area contributed by atoms with Crippen LogP contribution in [0.4, 0.5) is 0 Å². The summed E-state index contributed by atoms with van der Waals surface area (Å²) >= 11 is 0. The summed E-state index contributed by atoms with van der Waals surface area (Å²) in [6.07, 6.45) is 8.73. The Balaban J connectivity index is 1.42. The van der Waals surface area contributed by atoms with E-state index >= 15 is 0 Å². The number of carbonyl (C=O) groups is 1. The van der Waals surface area contributed by atoms with Crippen molar-refractivity contribution in [3.63, 3.8) is 0 Å². The molecule has 0 aliphatic carbocycles. The molecule has 7 heteroatoms. The summed E-state index contributed by atoms with van der Waals surface area (Å²) in [7, 11) is 2.02. The summed E-state index contributed by atoms with van der Waals surface area (Å²) in [6, 6.07) is 0. The second-order valence-electron chi connectivity index (χ2n) is 6.85. The lowest BCUT2D eigenvalue weighted by Gasteiger charge is -2.20. The highest BCUT2D eigenvalue weighted by Crippen LogP contribution is 2.27. The summed E-state index contributed by atoms with van der Waals surface area (Å²) < 4.78 is 4.05. The van der Waals surface area contributed by atoms with E-state index in [2.05, 4.69) is 25.3 Å². The number of imidazole rings is 1. The number of carbonyl (C=O) groups excluding carboxylic acids is 1. The average molecular weight is 328 g/mol. The van der Waals surface area contributed by atoms with Crippen molar-refractivity contribution >= 4 is 5.91 Å². The molecule has 1 saturated heterocycles. The minimum absolute atomic E-state index is 0.00815. The van der Waals surface area contributed by atoms with Gasteiger partial charge in [0, 0.05) is 51.0 Å². The van der Waals surface area contributed by atoms with Gasteiger partial charge < -0.3 is 15.2 Å². The van der Waals surface area contributed by atoms with Crippen LogP contribution in [0.5, 0.6) is 0 Å². The van der Waals surface area contributed by atoms with E-state index in [1.807, 2.05) is 24.3 Å². The molecular formula is C17H24N6O. The number of fused-ring (bicyclic) bond motifs is 1. The Morgan fingerprint density at radius 1 is 1.38 bits per heavy atom. The van der Waals surface area contributed by atoms with Crippen LogP contribution in [0, 0.1) is 5.92 Å². The zero-order chi connectivity index (χ0) is 16.5. The van der Waals surface area contributed by atoms with Crippen LogP contribution >= 0.6 is 0 Å². The van der Waals surface area contributed by atoms with Gasteiger partial charge in [-0.2, -0.15) is 5.10 Å². The van der Waals surface area contributed by atoms with Gasteiger partial charge in [-0.15, -0.1) is 0 Å². The van der Waals surface area contributed by atoms with Gasteiger partial charge >= 0.3 is 0 Å². The van der Waals surface area contributed by atoms with E-state index in [0.29, 0.717) is 18.4 Å². The molecule has 7 nitrogen and oxygen atoms in total. The third-order valence-corrected chi connectivity index (χ3v) is 5.33. The van der Waals surface area contributed by atoms with Gasteiger partial charge in [-0.3, -0.25) is 9.48 Å². The lowest BCUT2D eigenvalue weighted by atomic mass is 9.93. The quantitative estimate of drug-likeness (QED) is 0.866. The molecule has 128 valence electrons. The van der Waals surface area contributed by atoms with Crippen LogP contribution in [0.2, 0.25) is 0 Å². The zero-order valence-electron chi connectivity index (χ0n) is 14.0. The van der Waals surface area contributed by atoms with E-state index in [-0.39, 0.29) is 5.91 Å². The van der Waals surface area contributed by atoms with E-state index < -0.39 is 0 Å². The predicted octanol–water partition coefficient (Wildman–Crippen LogP) is 0.686. The van der Waals surface area contributed by atoms with Gasteiger partial charge in [-0.05, 0) is 25.2 Å². The van der Waals surface area contributed by atoms with E-state index in [4.69, 9.17) is 0 Å². The van der Waals surface area contributed by atoms with Crippen LogP contribution in [0.25, 0.3) is 0 Å². The van der Waals surface area contributed by atoms with Gasteiger partial charge in [0.2, 0.25) is 0 Å². The summed E-state index contributed by atoms with van der Waals surface area (Å²) in [5.41, 5.74) is 3.06. The number of nitrogens with zero attached hydrogens (tertiary/aromatic N) is 4. The molecule has 1 fully saturated rings. The van der Waals surface area contributed by atoms with Crippen LogP contribution in [-0.2, 0) is 20.0 Å². The van der Waals surface area contributed by atoms with Crippen molar-refractivity contribution in [2.45, 2.75) is 31.7 Å². The highest BCUT2D eigenvalue weighted by Gasteiger charge is 2.31. The van der Waals surface area contributed by atoms with Crippen molar-refractivity contribution in [3.8, 4) is 0 Å². The number of nitrogens with one attached hydrogen (secondary N) is 2. The lowest BCUT2D eigenvalue weighted by Crippen LogP contribution is -2.33. The van der Waals surface area contributed by atoms with Crippen LogP contribution in [0.15, 0.2) is 18.7 Å². The number of aryl methyl sites for hydroxylation is 2. The number of rotatable bonds is 4. The molecule has 2 aromatic heterocycles. The number of amides is 1. The third-order valence-electron chi connectivity index (χ3n) is 5.33. The summed E-state index contributed by atoms with van der Waals surface area (Å²) in [4.78, 5) is 16.8. The fraction of sp³-hybridized carbons (Fsp3) is 0.588. The maximum atomic E-state index is 12.6. The SMILES string of the molecule is Cn1cncc1[C@@H]1CNC[C@H]1CNC(=O)c1cnn2c1CCCC2. The molecule has 2 N–H and O–H groups in total. The fourth-order valence-electron chi connectivity index (χ4n) is 3.95. The van der Waals surface area contributed by atoms with Gasteiger partial charge in [0.05, 0.1) is 23.8 Å². The molecule has 0 unspecified atom stereocenters. The Morgan fingerprint density at radius 2 is 2.29 bits per heavy atom. The van der Waals surface area contributed by atoms with Crippen molar-refractivity contribution in [3.05, 3.63) is 35.7 Å². The first-order chi connectivity index (χ1) is 11.7. The first kappa shape index (κ1) is 15.4. The average Bonchev–Trinajstić information content (AvgIpc) is 3.31. The highest BCUT2D eigenvalue weighted by molar-refractivity contribution is 5.95. The largest absolute Gasteiger partial charge is 0.352 e. The Kier molecular flexibility index (Phi) is 4.10. The van der Waals surface area contributed by atoms with E-state index in [1.165, 1.54) is 5.69 Å². The predicted molar refractivity (Wildman–Crippen MR) is 89.8 cm³/mol. The minimum atomic E-state index is 0.00815. The molecule has 2 aliphatic rings. The van der Waals surface area contributed by atoms with Crippen molar-refractivity contribution < 1.29 is 4.79 Å². The highest BCUT2D eigenvalue weighted by atomic mass is 16.1. The number of aromatic nitrogens is 4. The molecule has 0 aromatic carbocycles. The van der Waals surface area contributed by atoms with Crippen molar-refractivity contribution in [2.24, 2.45) is 13.0 Å². The molecular weight excluding hydrogens is 304 g/mol. The Hall–Kier alpha value is -2.15. The monoisotopic (exact) mass is 328 g/mol. The van der Waals surface area contributed by atoms with E-state index in [9.17, 15) is 4.79 Å². The fourth-order valence-corrected chi connectivity index (χ4v) is 3.95. The normalized spacial score (nSPS) is 23.2. The molecule has 0 bridgehead atoms. The zero-order valence-corrected chi connectivity index (χ0v) is 14.0. The Bertz CT molecular complexity index is 733. The maximum Gasteiger partial charge on any atom is 0.254 e. The van der Waals surface area contributed by atoms with E-state index in [0.717, 1.165) is 50.2 Å². The molecule has 0 spiro atoms. The van der Waals surface area contributed by atoms with Crippen LogP contribution in [0.1, 0.15) is 40.5 Å². The third kappa shape index (κ3) is 2.73. The molecule has 2 aromatic rings. The standard InChI is InChI=1S/C17H24N6O/c1-22-11-19-10-16(22)13-8-18-6-12(13)7-20-17(24)14-9-21-23-5-3-2-4-15(14)23/h9-13,18H,2-8H2,1H3,(H,20,24)/t12-,13+/m0/s1. The number of hydrogen-bond donors (Lipinski definition) is 2. The van der Waals surface area contributed by atoms with Crippen molar-refractivity contribution in [1.82, 2.24) is 30.0 Å². The molecule has 1 amide bonds.